The number of hydrogen-bond acceptors (Lipinski definition) is 5. The first-order chi connectivity index (χ1) is 9.00. The maximum Gasteiger partial charge on any atom is 0.0701 e. The number of hydrogen-bond donors (Lipinski definition) is 0. The Bertz CT molecular complexity index is 94.0. The predicted molar refractivity (Wildman–Crippen MR) is 74.5 cm³/mol. The Kier molecular flexibility index (Phi) is 12.3. The molecule has 1 aliphatic rings. The average molecular weight is 278 g/mol. The molecule has 1 heterocycles. The second-order valence-corrected chi connectivity index (χ2v) is 5.35. The van der Waals surface area contributed by atoms with Crippen LogP contribution in [0.4, 0.5) is 0 Å². The van der Waals surface area contributed by atoms with Gasteiger partial charge in [0.05, 0.1) is 39.6 Å². The van der Waals surface area contributed by atoms with Crippen LogP contribution in [0.15, 0.2) is 0 Å². The molecule has 0 spiro atoms. The van der Waals surface area contributed by atoms with E-state index < -0.39 is 0 Å². The van der Waals surface area contributed by atoms with E-state index >= 15 is 0 Å². The molecule has 5 heteroatoms. The molecule has 0 unspecified atom stereocenters. The van der Waals surface area contributed by atoms with Gasteiger partial charge in [0, 0.05) is 24.7 Å². The molecule has 4 nitrogen and oxygen atoms in total. The molecule has 0 atom stereocenters. The van der Waals surface area contributed by atoms with Gasteiger partial charge in [-0.15, -0.1) is 0 Å². The van der Waals surface area contributed by atoms with E-state index in [1.807, 2.05) is 11.8 Å². The van der Waals surface area contributed by atoms with Gasteiger partial charge < -0.3 is 18.9 Å². The van der Waals surface area contributed by atoms with Crippen LogP contribution < -0.4 is 0 Å². The Hall–Kier alpha value is 0.190. The van der Waals surface area contributed by atoms with Crippen LogP contribution in [0.25, 0.3) is 0 Å². The highest BCUT2D eigenvalue weighted by molar-refractivity contribution is 7.99. The third kappa shape index (κ3) is 11.3. The highest BCUT2D eigenvalue weighted by Gasteiger charge is 1.96. The molecule has 0 saturated carbocycles. The summed E-state index contributed by atoms with van der Waals surface area (Å²) in [6, 6.07) is 0. The van der Waals surface area contributed by atoms with Crippen LogP contribution in [0.3, 0.4) is 0 Å². The van der Waals surface area contributed by atoms with Crippen LogP contribution in [0.2, 0.25) is 0 Å². The topological polar surface area (TPSA) is 36.9 Å². The summed E-state index contributed by atoms with van der Waals surface area (Å²) < 4.78 is 21.9. The van der Waals surface area contributed by atoms with Crippen molar-refractivity contribution in [3.8, 4) is 0 Å². The van der Waals surface area contributed by atoms with E-state index in [2.05, 4.69) is 0 Å². The molecular weight excluding hydrogens is 252 g/mol. The van der Waals surface area contributed by atoms with Gasteiger partial charge in [-0.25, -0.2) is 0 Å². The molecule has 0 N–H and O–H groups in total. The molecule has 1 fully saturated rings. The van der Waals surface area contributed by atoms with Gasteiger partial charge >= 0.3 is 0 Å². The van der Waals surface area contributed by atoms with Crippen molar-refractivity contribution >= 4 is 11.8 Å². The van der Waals surface area contributed by atoms with Crippen LogP contribution >= 0.6 is 11.8 Å². The quantitative estimate of drug-likeness (QED) is 0.677. The fourth-order valence-electron chi connectivity index (χ4n) is 1.57. The minimum Gasteiger partial charge on any atom is -0.381 e. The zero-order chi connectivity index (χ0) is 12.7. The Morgan fingerprint density at radius 1 is 0.444 bits per heavy atom. The fraction of sp³-hybridized carbons (Fsp3) is 1.00. The SMILES string of the molecule is C1CCOCCOCCOCCSCCOCC1. The normalized spacial score (nSPS) is 24.0. The summed E-state index contributed by atoms with van der Waals surface area (Å²) >= 11 is 1.89. The Balaban J connectivity index is 2.00. The Morgan fingerprint density at radius 2 is 0.889 bits per heavy atom. The molecule has 1 rings (SSSR count). The van der Waals surface area contributed by atoms with Crippen molar-refractivity contribution < 1.29 is 18.9 Å². The molecule has 18 heavy (non-hydrogen) atoms. The lowest BCUT2D eigenvalue weighted by atomic mass is 10.2. The Morgan fingerprint density at radius 3 is 1.50 bits per heavy atom. The van der Waals surface area contributed by atoms with Gasteiger partial charge in [0.15, 0.2) is 0 Å². The van der Waals surface area contributed by atoms with Crippen LogP contribution in [0.5, 0.6) is 0 Å². The van der Waals surface area contributed by atoms with Crippen LogP contribution in [0, 0.1) is 0 Å². The molecule has 0 aliphatic carbocycles. The molecule has 0 aromatic rings. The first-order valence-electron chi connectivity index (χ1n) is 6.89. The molecule has 1 aliphatic heterocycles. The van der Waals surface area contributed by atoms with Crippen molar-refractivity contribution in [1.82, 2.24) is 0 Å². The molecule has 0 amide bonds. The molecule has 0 bridgehead atoms. The smallest absolute Gasteiger partial charge is 0.0701 e. The first-order valence-corrected chi connectivity index (χ1v) is 8.04. The summed E-state index contributed by atoms with van der Waals surface area (Å²) in [5.41, 5.74) is 0. The van der Waals surface area contributed by atoms with E-state index in [4.69, 9.17) is 18.9 Å². The van der Waals surface area contributed by atoms with Gasteiger partial charge in [-0.05, 0) is 19.3 Å². The molecule has 0 aromatic heterocycles. The van der Waals surface area contributed by atoms with Crippen LogP contribution in [-0.4, -0.2) is 64.4 Å². The highest BCUT2D eigenvalue weighted by atomic mass is 32.2. The molecule has 0 aromatic carbocycles. The van der Waals surface area contributed by atoms with Gasteiger partial charge in [0.2, 0.25) is 0 Å². The lowest BCUT2D eigenvalue weighted by Gasteiger charge is -2.08. The van der Waals surface area contributed by atoms with E-state index in [1.165, 1.54) is 6.42 Å². The minimum atomic E-state index is 0.664. The van der Waals surface area contributed by atoms with Crippen molar-refractivity contribution in [2.24, 2.45) is 0 Å². The number of rotatable bonds is 0. The number of ether oxygens (including phenoxy) is 4. The lowest BCUT2D eigenvalue weighted by Crippen LogP contribution is -2.11. The molecule has 0 radical (unpaired) electrons. The van der Waals surface area contributed by atoms with E-state index in [-0.39, 0.29) is 0 Å². The third-order valence-electron chi connectivity index (χ3n) is 2.57. The maximum absolute atomic E-state index is 5.56. The summed E-state index contributed by atoms with van der Waals surface area (Å²) in [6.45, 7) is 6.05. The largest absolute Gasteiger partial charge is 0.381 e. The van der Waals surface area contributed by atoms with Gasteiger partial charge in [0.1, 0.15) is 0 Å². The molecule has 1 saturated heterocycles. The average Bonchev–Trinajstić information content (AvgIpc) is 2.39. The lowest BCUT2D eigenvalue weighted by molar-refractivity contribution is 0.0163. The van der Waals surface area contributed by atoms with Crippen molar-refractivity contribution in [2.45, 2.75) is 19.3 Å². The second-order valence-electron chi connectivity index (χ2n) is 4.12. The number of thioether (sulfide) groups is 1. The van der Waals surface area contributed by atoms with Crippen LogP contribution in [0.1, 0.15) is 19.3 Å². The summed E-state index contributed by atoms with van der Waals surface area (Å²) in [5.74, 6) is 2.09. The summed E-state index contributed by atoms with van der Waals surface area (Å²) in [5, 5.41) is 0. The zero-order valence-electron chi connectivity index (χ0n) is 11.2. The van der Waals surface area contributed by atoms with E-state index in [0.29, 0.717) is 26.4 Å². The van der Waals surface area contributed by atoms with Crippen LogP contribution in [-0.2, 0) is 18.9 Å². The van der Waals surface area contributed by atoms with E-state index in [1.54, 1.807) is 0 Å². The first kappa shape index (κ1) is 16.2. The summed E-state index contributed by atoms with van der Waals surface area (Å²) in [6.07, 6.45) is 3.43. The minimum absolute atomic E-state index is 0.664. The third-order valence-corrected chi connectivity index (χ3v) is 3.48. The zero-order valence-corrected chi connectivity index (χ0v) is 12.1. The fourth-order valence-corrected chi connectivity index (χ4v) is 2.24. The van der Waals surface area contributed by atoms with E-state index in [9.17, 15) is 0 Å². The van der Waals surface area contributed by atoms with Gasteiger partial charge in [-0.2, -0.15) is 11.8 Å². The molecular formula is C13H26O4S. The van der Waals surface area contributed by atoms with Gasteiger partial charge in [-0.3, -0.25) is 0 Å². The standard InChI is InChI=1S/C13H26O4S/c1-2-4-14-6-7-16-8-9-17-11-13-18-12-10-15-5-3-1/h1-13H2. The van der Waals surface area contributed by atoms with Crippen molar-refractivity contribution in [2.75, 3.05) is 64.4 Å². The van der Waals surface area contributed by atoms with Crippen molar-refractivity contribution in [1.29, 1.82) is 0 Å². The van der Waals surface area contributed by atoms with Gasteiger partial charge in [0.25, 0.3) is 0 Å². The van der Waals surface area contributed by atoms with Crippen molar-refractivity contribution in [3.05, 3.63) is 0 Å². The summed E-state index contributed by atoms with van der Waals surface area (Å²) in [7, 11) is 0. The summed E-state index contributed by atoms with van der Waals surface area (Å²) in [4.78, 5) is 0. The second kappa shape index (κ2) is 13.6. The highest BCUT2D eigenvalue weighted by Crippen LogP contribution is 2.01. The van der Waals surface area contributed by atoms with Crippen molar-refractivity contribution in [3.63, 3.8) is 0 Å². The van der Waals surface area contributed by atoms with E-state index in [0.717, 1.165) is 50.8 Å². The Labute approximate surface area is 115 Å². The molecule has 108 valence electrons. The van der Waals surface area contributed by atoms with Gasteiger partial charge in [-0.1, -0.05) is 0 Å². The predicted octanol–water partition coefficient (Wildman–Crippen LogP) is 1.97. The maximum atomic E-state index is 5.56. The monoisotopic (exact) mass is 278 g/mol.